The number of carbonyl (C=O) groups excluding carboxylic acids is 2. The van der Waals surface area contributed by atoms with Gasteiger partial charge < -0.3 is 15.2 Å². The van der Waals surface area contributed by atoms with Crippen molar-refractivity contribution in [1.82, 2.24) is 0 Å². The molecule has 0 bridgehead atoms. The van der Waals surface area contributed by atoms with Crippen molar-refractivity contribution in [3.63, 3.8) is 0 Å². The number of rotatable bonds is 3. The summed E-state index contributed by atoms with van der Waals surface area (Å²) in [7, 11) is 0. The van der Waals surface area contributed by atoms with Gasteiger partial charge in [0.05, 0.1) is 6.04 Å². The van der Waals surface area contributed by atoms with E-state index in [0.29, 0.717) is 12.8 Å². The molecular formula is C11H19NO4. The van der Waals surface area contributed by atoms with Gasteiger partial charge in [-0.3, -0.25) is 4.79 Å². The van der Waals surface area contributed by atoms with Crippen LogP contribution in [0.4, 0.5) is 0 Å². The van der Waals surface area contributed by atoms with Crippen LogP contribution in [0.1, 0.15) is 40.0 Å². The first kappa shape index (κ1) is 13.0. The molecule has 0 aliphatic heterocycles. The van der Waals surface area contributed by atoms with Gasteiger partial charge in [0.25, 0.3) is 6.47 Å². The summed E-state index contributed by atoms with van der Waals surface area (Å²) >= 11 is 0. The third-order valence-corrected chi connectivity index (χ3v) is 2.67. The van der Waals surface area contributed by atoms with Crippen LogP contribution in [0.5, 0.6) is 0 Å². The van der Waals surface area contributed by atoms with Crippen molar-refractivity contribution in [2.24, 2.45) is 5.73 Å². The molecule has 0 aromatic rings. The van der Waals surface area contributed by atoms with Crippen molar-refractivity contribution in [2.75, 3.05) is 0 Å². The van der Waals surface area contributed by atoms with Gasteiger partial charge in [0, 0.05) is 0 Å². The molecule has 0 saturated heterocycles. The standard InChI is InChI=1S/C11H19NO4/c1-10(2,3)16-9(14)11(15-7-13)6-4-5-8(11)12/h7-8H,4-6,12H2,1-3H3. The highest BCUT2D eigenvalue weighted by molar-refractivity contribution is 5.82. The first-order valence-electron chi connectivity index (χ1n) is 5.42. The van der Waals surface area contributed by atoms with Crippen molar-refractivity contribution >= 4 is 12.4 Å². The van der Waals surface area contributed by atoms with E-state index in [4.69, 9.17) is 15.2 Å². The van der Waals surface area contributed by atoms with Gasteiger partial charge in [0.2, 0.25) is 5.60 Å². The van der Waals surface area contributed by atoms with E-state index < -0.39 is 23.2 Å². The van der Waals surface area contributed by atoms with Gasteiger partial charge in [-0.15, -0.1) is 0 Å². The maximum atomic E-state index is 12.0. The summed E-state index contributed by atoms with van der Waals surface area (Å²) in [6, 6.07) is -0.479. The average Bonchev–Trinajstić information content (AvgIpc) is 2.46. The Labute approximate surface area is 95.3 Å². The molecule has 0 radical (unpaired) electrons. The second-order valence-electron chi connectivity index (χ2n) is 5.10. The Hall–Kier alpha value is -1.10. The van der Waals surface area contributed by atoms with Crippen LogP contribution < -0.4 is 5.73 Å². The van der Waals surface area contributed by atoms with Crippen molar-refractivity contribution in [2.45, 2.75) is 57.3 Å². The van der Waals surface area contributed by atoms with Crippen LogP contribution in [-0.4, -0.2) is 29.7 Å². The second-order valence-corrected chi connectivity index (χ2v) is 5.10. The lowest BCUT2D eigenvalue weighted by Gasteiger charge is -2.32. The molecule has 1 saturated carbocycles. The minimum Gasteiger partial charge on any atom is -0.457 e. The zero-order valence-corrected chi connectivity index (χ0v) is 9.99. The number of ether oxygens (including phenoxy) is 2. The Morgan fingerprint density at radius 3 is 2.50 bits per heavy atom. The molecule has 0 aromatic carbocycles. The Morgan fingerprint density at radius 2 is 2.12 bits per heavy atom. The fourth-order valence-corrected chi connectivity index (χ4v) is 1.90. The molecule has 0 heterocycles. The predicted octanol–water partition coefficient (Wildman–Crippen LogP) is 0.751. The Kier molecular flexibility index (Phi) is 3.57. The largest absolute Gasteiger partial charge is 0.457 e. The number of carbonyl (C=O) groups is 2. The van der Waals surface area contributed by atoms with Gasteiger partial charge in [-0.05, 0) is 40.0 Å². The zero-order valence-electron chi connectivity index (χ0n) is 9.99. The minimum atomic E-state index is -1.28. The topological polar surface area (TPSA) is 78.6 Å². The fraction of sp³-hybridized carbons (Fsp3) is 0.818. The number of hydrogen-bond donors (Lipinski definition) is 1. The van der Waals surface area contributed by atoms with Gasteiger partial charge in [-0.1, -0.05) is 0 Å². The summed E-state index contributed by atoms with van der Waals surface area (Å²) in [5.41, 5.74) is 3.94. The molecule has 0 spiro atoms. The van der Waals surface area contributed by atoms with Gasteiger partial charge in [0.15, 0.2) is 0 Å². The molecule has 0 aromatic heterocycles. The summed E-state index contributed by atoms with van der Waals surface area (Å²) in [5.74, 6) is -0.544. The molecule has 16 heavy (non-hydrogen) atoms. The van der Waals surface area contributed by atoms with Crippen molar-refractivity contribution in [3.05, 3.63) is 0 Å². The van der Waals surface area contributed by atoms with E-state index in [-0.39, 0.29) is 6.47 Å². The van der Waals surface area contributed by atoms with E-state index in [1.807, 2.05) is 0 Å². The van der Waals surface area contributed by atoms with E-state index in [2.05, 4.69) is 0 Å². The average molecular weight is 229 g/mol. The first-order valence-corrected chi connectivity index (χ1v) is 5.42. The van der Waals surface area contributed by atoms with Crippen LogP contribution in [0.25, 0.3) is 0 Å². The van der Waals surface area contributed by atoms with Crippen LogP contribution in [-0.2, 0) is 19.1 Å². The number of esters is 1. The molecule has 1 aliphatic rings. The van der Waals surface area contributed by atoms with Gasteiger partial charge in [-0.2, -0.15) is 0 Å². The van der Waals surface area contributed by atoms with Crippen LogP contribution in [0.15, 0.2) is 0 Å². The van der Waals surface area contributed by atoms with Crippen LogP contribution in [0.3, 0.4) is 0 Å². The van der Waals surface area contributed by atoms with E-state index in [0.717, 1.165) is 6.42 Å². The van der Waals surface area contributed by atoms with Crippen molar-refractivity contribution in [3.8, 4) is 0 Å². The fourth-order valence-electron chi connectivity index (χ4n) is 1.90. The van der Waals surface area contributed by atoms with Gasteiger partial charge in [0.1, 0.15) is 5.60 Å². The van der Waals surface area contributed by atoms with Crippen LogP contribution in [0.2, 0.25) is 0 Å². The van der Waals surface area contributed by atoms with E-state index >= 15 is 0 Å². The zero-order chi connectivity index (χ0) is 12.4. The lowest BCUT2D eigenvalue weighted by Crippen LogP contribution is -2.54. The molecule has 92 valence electrons. The Morgan fingerprint density at radius 1 is 1.50 bits per heavy atom. The SMILES string of the molecule is CC(C)(C)OC(=O)C1(OC=O)CCCC1N. The quantitative estimate of drug-likeness (QED) is 0.570. The van der Waals surface area contributed by atoms with E-state index in [9.17, 15) is 9.59 Å². The Bertz CT molecular complexity index is 284. The van der Waals surface area contributed by atoms with Crippen LogP contribution >= 0.6 is 0 Å². The number of nitrogens with two attached hydrogens (primary N) is 1. The molecular weight excluding hydrogens is 210 g/mol. The lowest BCUT2D eigenvalue weighted by atomic mass is 9.97. The summed E-state index contributed by atoms with van der Waals surface area (Å²) in [6.07, 6.45) is 1.85. The minimum absolute atomic E-state index is 0.273. The third kappa shape index (κ3) is 2.52. The smallest absolute Gasteiger partial charge is 0.352 e. The summed E-state index contributed by atoms with van der Waals surface area (Å²) in [4.78, 5) is 22.5. The molecule has 1 aliphatic carbocycles. The highest BCUT2D eigenvalue weighted by Crippen LogP contribution is 2.34. The lowest BCUT2D eigenvalue weighted by molar-refractivity contribution is -0.186. The van der Waals surface area contributed by atoms with Gasteiger partial charge >= 0.3 is 5.97 Å². The number of hydrogen-bond acceptors (Lipinski definition) is 5. The maximum absolute atomic E-state index is 12.0. The van der Waals surface area contributed by atoms with Crippen molar-refractivity contribution < 1.29 is 19.1 Å². The normalized spacial score (nSPS) is 29.9. The molecule has 1 fully saturated rings. The monoisotopic (exact) mass is 229 g/mol. The predicted molar refractivity (Wildman–Crippen MR) is 57.6 cm³/mol. The highest BCUT2D eigenvalue weighted by Gasteiger charge is 2.52. The molecule has 2 N–H and O–H groups in total. The van der Waals surface area contributed by atoms with Gasteiger partial charge in [-0.25, -0.2) is 4.79 Å². The molecule has 1 rings (SSSR count). The summed E-state index contributed by atoms with van der Waals surface area (Å²) in [5, 5.41) is 0. The summed E-state index contributed by atoms with van der Waals surface area (Å²) in [6.45, 7) is 5.56. The molecule has 5 heteroatoms. The highest BCUT2D eigenvalue weighted by atomic mass is 16.6. The molecule has 2 atom stereocenters. The van der Waals surface area contributed by atoms with Crippen molar-refractivity contribution in [1.29, 1.82) is 0 Å². The van der Waals surface area contributed by atoms with Crippen LogP contribution in [0, 0.1) is 0 Å². The van der Waals surface area contributed by atoms with E-state index in [1.165, 1.54) is 0 Å². The first-order chi connectivity index (χ1) is 7.32. The molecule has 2 unspecified atom stereocenters. The second kappa shape index (κ2) is 4.41. The van der Waals surface area contributed by atoms with E-state index in [1.54, 1.807) is 20.8 Å². The third-order valence-electron chi connectivity index (χ3n) is 2.67. The summed E-state index contributed by atoms with van der Waals surface area (Å²) < 4.78 is 10.2. The Balaban J connectivity index is 2.85. The maximum Gasteiger partial charge on any atom is 0.352 e. The molecule has 0 amide bonds. The molecule has 5 nitrogen and oxygen atoms in total.